The molecule has 0 fully saturated rings. The number of pyridine rings is 2. The normalized spacial score (nSPS) is 12.2. The quantitative estimate of drug-likeness (QED) is 0.399. The van der Waals surface area contributed by atoms with E-state index < -0.39 is 5.97 Å². The second-order valence-electron chi connectivity index (χ2n) is 8.67. The van der Waals surface area contributed by atoms with Gasteiger partial charge in [0.25, 0.3) is 5.56 Å². The molecule has 5 rings (SSSR count). The van der Waals surface area contributed by atoms with Crippen molar-refractivity contribution in [3.63, 3.8) is 0 Å². The van der Waals surface area contributed by atoms with Crippen molar-refractivity contribution < 1.29 is 9.90 Å². The molecular formula is C26H24N6O3. The molecule has 2 N–H and O–H groups in total. The highest BCUT2D eigenvalue weighted by molar-refractivity contribution is 5.94. The van der Waals surface area contributed by atoms with Crippen molar-refractivity contribution in [1.29, 1.82) is 0 Å². The standard InChI is InChI=1S/C26H24N6O3/c1-14-9-19(15(2)28-21-8-6-5-7-18(21)26(34)35)25-29-22(11-23(33)32(25)13-14)17-10-20-16(3)30-31(4)24(20)27-12-17/h5-13,15,28H,1-4H3,(H,34,35)/t15-/m1/s1. The maximum absolute atomic E-state index is 13.1. The minimum absolute atomic E-state index is 0.174. The molecule has 35 heavy (non-hydrogen) atoms. The number of benzene rings is 1. The number of hydrogen-bond donors (Lipinski definition) is 2. The topological polar surface area (TPSA) is 114 Å². The van der Waals surface area contributed by atoms with Crippen molar-refractivity contribution in [1.82, 2.24) is 24.1 Å². The second-order valence-corrected chi connectivity index (χ2v) is 8.67. The van der Waals surface area contributed by atoms with E-state index >= 15 is 0 Å². The average molecular weight is 469 g/mol. The van der Waals surface area contributed by atoms with E-state index in [0.29, 0.717) is 17.0 Å². The highest BCUT2D eigenvalue weighted by Crippen LogP contribution is 2.27. The molecule has 0 radical (unpaired) electrons. The van der Waals surface area contributed by atoms with Crippen LogP contribution in [0, 0.1) is 13.8 Å². The maximum atomic E-state index is 13.1. The molecular weight excluding hydrogens is 444 g/mol. The lowest BCUT2D eigenvalue weighted by atomic mass is 10.1. The fraction of sp³-hybridized carbons (Fsp3) is 0.192. The zero-order chi connectivity index (χ0) is 24.9. The largest absolute Gasteiger partial charge is 0.478 e. The number of hydrogen-bond acceptors (Lipinski definition) is 6. The monoisotopic (exact) mass is 468 g/mol. The maximum Gasteiger partial charge on any atom is 0.337 e. The van der Waals surface area contributed by atoms with Gasteiger partial charge in [-0.3, -0.25) is 13.9 Å². The zero-order valence-electron chi connectivity index (χ0n) is 19.8. The molecule has 0 aliphatic rings. The summed E-state index contributed by atoms with van der Waals surface area (Å²) in [7, 11) is 1.84. The molecule has 0 saturated heterocycles. The molecule has 0 aliphatic heterocycles. The van der Waals surface area contributed by atoms with Crippen molar-refractivity contribution in [2.24, 2.45) is 7.05 Å². The van der Waals surface area contributed by atoms with Gasteiger partial charge in [-0.25, -0.2) is 14.8 Å². The lowest BCUT2D eigenvalue weighted by molar-refractivity contribution is 0.0698. The number of fused-ring (bicyclic) bond motifs is 2. The number of nitrogens with one attached hydrogen (secondary N) is 1. The number of carbonyl (C=O) groups is 1. The van der Waals surface area contributed by atoms with Gasteiger partial charge < -0.3 is 10.4 Å². The van der Waals surface area contributed by atoms with Crippen LogP contribution in [0.3, 0.4) is 0 Å². The van der Waals surface area contributed by atoms with Gasteiger partial charge in [0.05, 0.1) is 23.0 Å². The molecule has 1 aromatic carbocycles. The third-order valence-electron chi connectivity index (χ3n) is 6.08. The molecule has 0 aliphatic carbocycles. The van der Waals surface area contributed by atoms with Gasteiger partial charge in [-0.05, 0) is 50.6 Å². The molecule has 0 bridgehead atoms. The Morgan fingerprint density at radius 2 is 1.89 bits per heavy atom. The van der Waals surface area contributed by atoms with E-state index in [4.69, 9.17) is 4.98 Å². The summed E-state index contributed by atoms with van der Waals surface area (Å²) in [6.45, 7) is 5.74. The zero-order valence-corrected chi connectivity index (χ0v) is 19.8. The first-order valence-electron chi connectivity index (χ1n) is 11.2. The number of aromatic nitrogens is 5. The number of carboxylic acid groups (broad SMARTS) is 1. The van der Waals surface area contributed by atoms with Crippen LogP contribution in [0.25, 0.3) is 27.9 Å². The molecule has 1 atom stereocenters. The van der Waals surface area contributed by atoms with Gasteiger partial charge >= 0.3 is 5.97 Å². The summed E-state index contributed by atoms with van der Waals surface area (Å²) in [6, 6.07) is 11.8. The number of carboxylic acids is 1. The van der Waals surface area contributed by atoms with E-state index in [1.54, 1.807) is 41.3 Å². The van der Waals surface area contributed by atoms with Crippen LogP contribution >= 0.6 is 0 Å². The molecule has 176 valence electrons. The first kappa shape index (κ1) is 22.3. The lowest BCUT2D eigenvalue weighted by Crippen LogP contribution is -2.19. The van der Waals surface area contributed by atoms with Crippen LogP contribution in [-0.4, -0.2) is 35.2 Å². The fourth-order valence-corrected chi connectivity index (χ4v) is 4.39. The van der Waals surface area contributed by atoms with Gasteiger partial charge in [0.2, 0.25) is 0 Å². The molecule has 0 saturated carbocycles. The van der Waals surface area contributed by atoms with Crippen LogP contribution in [0.4, 0.5) is 5.69 Å². The summed E-state index contributed by atoms with van der Waals surface area (Å²) in [4.78, 5) is 34.2. The van der Waals surface area contributed by atoms with Crippen molar-refractivity contribution >= 4 is 28.3 Å². The minimum Gasteiger partial charge on any atom is -0.478 e. The van der Waals surface area contributed by atoms with Gasteiger partial charge in [0.1, 0.15) is 5.65 Å². The number of nitrogens with zero attached hydrogens (tertiary/aromatic N) is 5. The Labute approximate surface area is 200 Å². The Balaban J connectivity index is 1.65. The Kier molecular flexibility index (Phi) is 5.32. The van der Waals surface area contributed by atoms with Gasteiger partial charge in [0, 0.05) is 47.7 Å². The number of aromatic carboxylic acids is 1. The van der Waals surface area contributed by atoms with Crippen LogP contribution in [0.1, 0.15) is 40.1 Å². The van der Waals surface area contributed by atoms with E-state index in [9.17, 15) is 14.7 Å². The van der Waals surface area contributed by atoms with Gasteiger partial charge in [-0.1, -0.05) is 12.1 Å². The van der Waals surface area contributed by atoms with Gasteiger partial charge in [-0.2, -0.15) is 5.10 Å². The summed E-state index contributed by atoms with van der Waals surface area (Å²) in [6.07, 6.45) is 3.45. The molecule has 5 aromatic rings. The van der Waals surface area contributed by atoms with E-state index in [1.807, 2.05) is 40.0 Å². The first-order chi connectivity index (χ1) is 16.7. The Morgan fingerprint density at radius 1 is 1.11 bits per heavy atom. The SMILES string of the molecule is Cc1cc([C@@H](C)Nc2ccccc2C(=O)O)c2nc(-c3cnc4c(c3)c(C)nn4C)cc(=O)n2c1. The summed E-state index contributed by atoms with van der Waals surface area (Å²) in [5, 5.41) is 18.1. The van der Waals surface area contributed by atoms with Crippen LogP contribution < -0.4 is 10.9 Å². The predicted molar refractivity (Wildman–Crippen MR) is 134 cm³/mol. The minimum atomic E-state index is -1.01. The molecule has 9 nitrogen and oxygen atoms in total. The lowest BCUT2D eigenvalue weighted by Gasteiger charge is -2.20. The molecule has 9 heteroatoms. The number of para-hydroxylation sites is 1. The van der Waals surface area contributed by atoms with E-state index in [-0.39, 0.29) is 17.2 Å². The summed E-state index contributed by atoms with van der Waals surface area (Å²) >= 11 is 0. The van der Waals surface area contributed by atoms with E-state index in [0.717, 1.165) is 33.4 Å². The highest BCUT2D eigenvalue weighted by Gasteiger charge is 2.18. The Bertz CT molecular complexity index is 1680. The third-order valence-corrected chi connectivity index (χ3v) is 6.08. The average Bonchev–Trinajstić information content (AvgIpc) is 3.11. The Morgan fingerprint density at radius 3 is 2.66 bits per heavy atom. The summed E-state index contributed by atoms with van der Waals surface area (Å²) in [5.74, 6) is -1.01. The number of aryl methyl sites for hydroxylation is 3. The number of anilines is 1. The van der Waals surface area contributed by atoms with E-state index in [2.05, 4.69) is 15.4 Å². The molecule has 4 heterocycles. The van der Waals surface area contributed by atoms with Crippen LogP contribution in [0.15, 0.2) is 59.7 Å². The van der Waals surface area contributed by atoms with Crippen LogP contribution in [0.2, 0.25) is 0 Å². The third kappa shape index (κ3) is 3.90. The highest BCUT2D eigenvalue weighted by atomic mass is 16.4. The van der Waals surface area contributed by atoms with Crippen LogP contribution in [0.5, 0.6) is 0 Å². The van der Waals surface area contributed by atoms with Gasteiger partial charge in [0.15, 0.2) is 5.65 Å². The predicted octanol–water partition coefficient (Wildman–Crippen LogP) is 4.13. The molecule has 4 aromatic heterocycles. The fourth-order valence-electron chi connectivity index (χ4n) is 4.39. The molecule has 0 unspecified atom stereocenters. The molecule has 0 spiro atoms. The van der Waals surface area contributed by atoms with Crippen LogP contribution in [-0.2, 0) is 7.05 Å². The van der Waals surface area contributed by atoms with Crippen molar-refractivity contribution in [2.45, 2.75) is 26.8 Å². The molecule has 0 amide bonds. The Hall–Kier alpha value is -4.53. The number of rotatable bonds is 5. The first-order valence-corrected chi connectivity index (χ1v) is 11.2. The second kappa shape index (κ2) is 8.35. The van der Waals surface area contributed by atoms with E-state index in [1.165, 1.54) is 10.5 Å². The van der Waals surface area contributed by atoms with Crippen molar-refractivity contribution in [3.8, 4) is 11.3 Å². The van der Waals surface area contributed by atoms with Crippen molar-refractivity contribution in [2.75, 3.05) is 5.32 Å². The summed E-state index contributed by atoms with van der Waals surface area (Å²) < 4.78 is 3.25. The van der Waals surface area contributed by atoms with Gasteiger partial charge in [-0.15, -0.1) is 0 Å². The van der Waals surface area contributed by atoms with Crippen molar-refractivity contribution in [3.05, 3.63) is 87.6 Å². The summed E-state index contributed by atoms with van der Waals surface area (Å²) in [5.41, 5.74) is 5.45. The smallest absolute Gasteiger partial charge is 0.337 e.